The van der Waals surface area contributed by atoms with Crippen LogP contribution in [0.2, 0.25) is 0 Å². The highest BCUT2D eigenvalue weighted by atomic mass is 32.1. The average molecular weight is 322 g/mol. The van der Waals surface area contributed by atoms with Crippen LogP contribution in [0.3, 0.4) is 0 Å². The molecule has 4 aromatic rings. The molecule has 0 spiro atoms. The third-order valence-electron chi connectivity index (χ3n) is 3.70. The van der Waals surface area contributed by atoms with Crippen molar-refractivity contribution in [2.75, 3.05) is 5.32 Å². The fourth-order valence-corrected chi connectivity index (χ4v) is 3.23. The smallest absolute Gasteiger partial charge is 0.273 e. The molecule has 0 bridgehead atoms. The number of nitrogens with zero attached hydrogens (tertiary/aromatic N) is 2. The number of aromatic nitrogens is 3. The first-order chi connectivity index (χ1) is 11.2. The molecule has 0 saturated heterocycles. The summed E-state index contributed by atoms with van der Waals surface area (Å²) in [5.41, 5.74) is 3.15. The number of benzene rings is 1. The van der Waals surface area contributed by atoms with Crippen LogP contribution in [0.5, 0.6) is 0 Å². The standard InChI is InChI=1S/C17H14N4OS/c1-21-15(10-14(20-21)16-3-2-8-23-16)17(22)19-12-4-5-13-11(9-12)6-7-18-13/h2-10,18H,1H3,(H,19,22). The van der Waals surface area contributed by atoms with E-state index in [4.69, 9.17) is 0 Å². The highest BCUT2D eigenvalue weighted by Gasteiger charge is 2.15. The van der Waals surface area contributed by atoms with Crippen LogP contribution in [0.25, 0.3) is 21.5 Å². The second kappa shape index (κ2) is 5.40. The van der Waals surface area contributed by atoms with Gasteiger partial charge in [0, 0.05) is 29.8 Å². The summed E-state index contributed by atoms with van der Waals surface area (Å²) in [6.07, 6.45) is 1.88. The Kier molecular flexibility index (Phi) is 3.24. The molecule has 2 N–H and O–H groups in total. The molecule has 0 atom stereocenters. The van der Waals surface area contributed by atoms with Crippen LogP contribution in [-0.2, 0) is 7.05 Å². The van der Waals surface area contributed by atoms with Gasteiger partial charge in [-0.15, -0.1) is 11.3 Å². The number of aromatic amines is 1. The number of carbonyl (C=O) groups is 1. The molecule has 0 radical (unpaired) electrons. The van der Waals surface area contributed by atoms with Crippen molar-refractivity contribution >= 4 is 33.8 Å². The number of rotatable bonds is 3. The Morgan fingerprint density at radius 2 is 2.17 bits per heavy atom. The van der Waals surface area contributed by atoms with E-state index in [1.54, 1.807) is 23.1 Å². The lowest BCUT2D eigenvalue weighted by Gasteiger charge is -2.05. The zero-order chi connectivity index (χ0) is 15.8. The van der Waals surface area contributed by atoms with Crippen LogP contribution >= 0.6 is 11.3 Å². The molecule has 4 rings (SSSR count). The Bertz CT molecular complexity index is 981. The number of anilines is 1. The summed E-state index contributed by atoms with van der Waals surface area (Å²) >= 11 is 1.61. The van der Waals surface area contributed by atoms with Crippen LogP contribution in [0, 0.1) is 0 Å². The van der Waals surface area contributed by atoms with Crippen molar-refractivity contribution in [2.24, 2.45) is 7.05 Å². The predicted molar refractivity (Wildman–Crippen MR) is 92.8 cm³/mol. The lowest BCUT2D eigenvalue weighted by atomic mass is 10.2. The number of nitrogens with one attached hydrogen (secondary N) is 2. The topological polar surface area (TPSA) is 62.7 Å². The maximum atomic E-state index is 12.5. The van der Waals surface area contributed by atoms with Gasteiger partial charge in [-0.1, -0.05) is 6.07 Å². The molecule has 3 heterocycles. The van der Waals surface area contributed by atoms with Gasteiger partial charge in [0.25, 0.3) is 5.91 Å². The minimum atomic E-state index is -0.169. The summed E-state index contributed by atoms with van der Waals surface area (Å²) in [6.45, 7) is 0. The van der Waals surface area contributed by atoms with Crippen molar-refractivity contribution in [3.63, 3.8) is 0 Å². The average Bonchev–Trinajstić information content (AvgIpc) is 3.26. The van der Waals surface area contributed by atoms with Gasteiger partial charge in [0.2, 0.25) is 0 Å². The maximum absolute atomic E-state index is 12.5. The normalized spacial score (nSPS) is 11.0. The zero-order valence-corrected chi connectivity index (χ0v) is 13.2. The minimum Gasteiger partial charge on any atom is -0.361 e. The number of aryl methyl sites for hydroxylation is 1. The van der Waals surface area contributed by atoms with Gasteiger partial charge in [0.05, 0.1) is 4.88 Å². The maximum Gasteiger partial charge on any atom is 0.273 e. The first-order valence-corrected chi connectivity index (χ1v) is 8.05. The number of hydrogen-bond acceptors (Lipinski definition) is 3. The quantitative estimate of drug-likeness (QED) is 0.601. The zero-order valence-electron chi connectivity index (χ0n) is 12.4. The Labute approximate surface area is 136 Å². The molecule has 23 heavy (non-hydrogen) atoms. The predicted octanol–water partition coefficient (Wildman–Crippen LogP) is 3.88. The molecule has 6 heteroatoms. The largest absolute Gasteiger partial charge is 0.361 e. The second-order valence-corrected chi connectivity index (χ2v) is 6.20. The van der Waals surface area contributed by atoms with Gasteiger partial charge in [-0.05, 0) is 41.8 Å². The van der Waals surface area contributed by atoms with E-state index in [0.29, 0.717) is 5.69 Å². The van der Waals surface area contributed by atoms with E-state index in [2.05, 4.69) is 15.4 Å². The van der Waals surface area contributed by atoms with Crippen LogP contribution < -0.4 is 5.32 Å². The van der Waals surface area contributed by atoms with E-state index in [9.17, 15) is 4.79 Å². The number of H-pyrrole nitrogens is 1. The van der Waals surface area contributed by atoms with Crippen LogP contribution in [0.4, 0.5) is 5.69 Å². The van der Waals surface area contributed by atoms with Gasteiger partial charge in [-0.25, -0.2) is 0 Å². The van der Waals surface area contributed by atoms with E-state index in [1.165, 1.54) is 0 Å². The van der Waals surface area contributed by atoms with Gasteiger partial charge in [0.1, 0.15) is 11.4 Å². The van der Waals surface area contributed by atoms with Crippen molar-refractivity contribution in [1.29, 1.82) is 0 Å². The molecule has 1 amide bonds. The molecule has 0 aliphatic heterocycles. The highest BCUT2D eigenvalue weighted by Crippen LogP contribution is 2.24. The van der Waals surface area contributed by atoms with Gasteiger partial charge in [-0.3, -0.25) is 9.48 Å². The van der Waals surface area contributed by atoms with E-state index >= 15 is 0 Å². The second-order valence-electron chi connectivity index (χ2n) is 5.25. The molecule has 0 aliphatic carbocycles. The van der Waals surface area contributed by atoms with E-state index in [0.717, 1.165) is 27.2 Å². The summed E-state index contributed by atoms with van der Waals surface area (Å²) in [7, 11) is 1.78. The molecular formula is C17H14N4OS. The Morgan fingerprint density at radius 3 is 3.00 bits per heavy atom. The Hall–Kier alpha value is -2.86. The van der Waals surface area contributed by atoms with Gasteiger partial charge >= 0.3 is 0 Å². The first-order valence-electron chi connectivity index (χ1n) is 7.17. The number of amides is 1. The molecular weight excluding hydrogens is 308 g/mol. The van der Waals surface area contributed by atoms with Gasteiger partial charge < -0.3 is 10.3 Å². The van der Waals surface area contributed by atoms with Gasteiger partial charge in [-0.2, -0.15) is 5.10 Å². The molecule has 0 saturated carbocycles. The van der Waals surface area contributed by atoms with E-state index in [-0.39, 0.29) is 5.91 Å². The Balaban J connectivity index is 1.61. The molecule has 3 aromatic heterocycles. The lowest BCUT2D eigenvalue weighted by Crippen LogP contribution is -2.15. The lowest BCUT2D eigenvalue weighted by molar-refractivity contribution is 0.101. The van der Waals surface area contributed by atoms with Crippen molar-refractivity contribution in [3.8, 4) is 10.6 Å². The molecule has 1 aromatic carbocycles. The van der Waals surface area contributed by atoms with Crippen LogP contribution in [0.1, 0.15) is 10.5 Å². The van der Waals surface area contributed by atoms with Crippen LogP contribution in [-0.4, -0.2) is 20.7 Å². The number of hydrogen-bond donors (Lipinski definition) is 2. The molecule has 5 nitrogen and oxygen atoms in total. The minimum absolute atomic E-state index is 0.169. The summed E-state index contributed by atoms with van der Waals surface area (Å²) in [5.74, 6) is -0.169. The molecule has 0 fully saturated rings. The van der Waals surface area contributed by atoms with Crippen molar-refractivity contribution < 1.29 is 4.79 Å². The summed E-state index contributed by atoms with van der Waals surface area (Å²) in [6, 6.07) is 13.5. The van der Waals surface area contributed by atoms with Crippen LogP contribution in [0.15, 0.2) is 54.0 Å². The third kappa shape index (κ3) is 2.53. The molecule has 0 aliphatic rings. The van der Waals surface area contributed by atoms with Gasteiger partial charge in [0.15, 0.2) is 0 Å². The highest BCUT2D eigenvalue weighted by molar-refractivity contribution is 7.13. The third-order valence-corrected chi connectivity index (χ3v) is 4.59. The first kappa shape index (κ1) is 13.8. The Morgan fingerprint density at radius 1 is 1.26 bits per heavy atom. The fraction of sp³-hybridized carbons (Fsp3) is 0.0588. The summed E-state index contributed by atoms with van der Waals surface area (Å²) in [5, 5.41) is 10.4. The number of carbonyl (C=O) groups excluding carboxylic acids is 1. The van der Waals surface area contributed by atoms with E-state index < -0.39 is 0 Å². The SMILES string of the molecule is Cn1nc(-c2cccs2)cc1C(=O)Nc1ccc2[nH]ccc2c1. The van der Waals surface area contributed by atoms with Crippen molar-refractivity contribution in [1.82, 2.24) is 14.8 Å². The summed E-state index contributed by atoms with van der Waals surface area (Å²) in [4.78, 5) is 16.7. The van der Waals surface area contributed by atoms with Crippen molar-refractivity contribution in [3.05, 3.63) is 59.7 Å². The monoisotopic (exact) mass is 322 g/mol. The fourth-order valence-electron chi connectivity index (χ4n) is 2.55. The molecule has 0 unspecified atom stereocenters. The summed E-state index contributed by atoms with van der Waals surface area (Å²) < 4.78 is 1.61. The van der Waals surface area contributed by atoms with E-state index in [1.807, 2.05) is 54.0 Å². The van der Waals surface area contributed by atoms with Crippen molar-refractivity contribution in [2.45, 2.75) is 0 Å². The molecule has 114 valence electrons. The number of thiophene rings is 1. The number of fused-ring (bicyclic) bond motifs is 1.